The Morgan fingerprint density at radius 3 is 2.18 bits per heavy atom. The molecule has 66 valence electrons. The molecule has 0 spiro atoms. The van der Waals surface area contributed by atoms with Crippen molar-refractivity contribution in [3.8, 4) is 0 Å². The lowest BCUT2D eigenvalue weighted by Crippen LogP contribution is -2.22. The molecule has 0 radical (unpaired) electrons. The molecule has 0 heterocycles. The zero-order chi connectivity index (χ0) is 8.65. The van der Waals surface area contributed by atoms with Crippen molar-refractivity contribution in [1.29, 1.82) is 0 Å². The first kappa shape index (κ1) is 9.09. The van der Waals surface area contributed by atoms with Gasteiger partial charge in [-0.15, -0.1) is 0 Å². The van der Waals surface area contributed by atoms with E-state index in [1.54, 1.807) is 0 Å². The van der Waals surface area contributed by atoms with E-state index in [9.17, 15) is 0 Å². The molecular formula is C11H22. The van der Waals surface area contributed by atoms with Gasteiger partial charge in [0.2, 0.25) is 0 Å². The Kier molecular flexibility index (Phi) is 2.32. The molecule has 0 amide bonds. The third-order valence-corrected chi connectivity index (χ3v) is 3.96. The fourth-order valence-electron chi connectivity index (χ4n) is 1.95. The predicted molar refractivity (Wildman–Crippen MR) is 50.5 cm³/mol. The van der Waals surface area contributed by atoms with E-state index in [1.165, 1.54) is 12.8 Å². The van der Waals surface area contributed by atoms with Crippen LogP contribution in [-0.4, -0.2) is 0 Å². The number of hydrogen-bond acceptors (Lipinski definition) is 0. The summed E-state index contributed by atoms with van der Waals surface area (Å²) < 4.78 is 0. The summed E-state index contributed by atoms with van der Waals surface area (Å²) in [5, 5.41) is 0. The lowest BCUT2D eigenvalue weighted by atomic mass is 9.75. The van der Waals surface area contributed by atoms with Crippen molar-refractivity contribution in [1.82, 2.24) is 0 Å². The molecule has 0 saturated heterocycles. The third-order valence-electron chi connectivity index (χ3n) is 3.96. The Morgan fingerprint density at radius 2 is 1.91 bits per heavy atom. The summed E-state index contributed by atoms with van der Waals surface area (Å²) in [6.45, 7) is 11.9. The summed E-state index contributed by atoms with van der Waals surface area (Å²) in [5.74, 6) is 2.96. The van der Waals surface area contributed by atoms with Crippen LogP contribution in [0.4, 0.5) is 0 Å². The van der Waals surface area contributed by atoms with Crippen LogP contribution in [0.15, 0.2) is 0 Å². The van der Waals surface area contributed by atoms with E-state index in [1.807, 2.05) is 0 Å². The van der Waals surface area contributed by atoms with Gasteiger partial charge in [-0.3, -0.25) is 0 Å². The molecule has 0 N–H and O–H groups in total. The van der Waals surface area contributed by atoms with Crippen LogP contribution in [0.5, 0.6) is 0 Å². The Labute approximate surface area is 71.4 Å². The molecule has 0 aliphatic heterocycles. The van der Waals surface area contributed by atoms with Gasteiger partial charge in [0.15, 0.2) is 0 Å². The monoisotopic (exact) mass is 154 g/mol. The second kappa shape index (κ2) is 2.80. The molecule has 1 aliphatic carbocycles. The maximum absolute atomic E-state index is 2.43. The van der Waals surface area contributed by atoms with Gasteiger partial charge in [0.25, 0.3) is 0 Å². The highest BCUT2D eigenvalue weighted by Crippen LogP contribution is 2.50. The molecule has 0 nitrogen and oxygen atoms in total. The van der Waals surface area contributed by atoms with Crippen molar-refractivity contribution in [3.63, 3.8) is 0 Å². The maximum Gasteiger partial charge on any atom is -0.0328 e. The zero-order valence-corrected chi connectivity index (χ0v) is 8.65. The van der Waals surface area contributed by atoms with Crippen molar-refractivity contribution in [3.05, 3.63) is 0 Å². The third kappa shape index (κ3) is 1.77. The second-order valence-corrected chi connectivity index (χ2v) is 5.01. The Morgan fingerprint density at radius 1 is 1.45 bits per heavy atom. The molecular weight excluding hydrogens is 132 g/mol. The van der Waals surface area contributed by atoms with Crippen LogP contribution in [0, 0.1) is 23.2 Å². The predicted octanol–water partition coefficient (Wildman–Crippen LogP) is 3.71. The van der Waals surface area contributed by atoms with E-state index >= 15 is 0 Å². The topological polar surface area (TPSA) is 0 Å². The van der Waals surface area contributed by atoms with E-state index in [2.05, 4.69) is 34.6 Å². The van der Waals surface area contributed by atoms with Gasteiger partial charge in [-0.05, 0) is 29.6 Å². The molecule has 3 unspecified atom stereocenters. The van der Waals surface area contributed by atoms with Gasteiger partial charge in [-0.1, -0.05) is 41.0 Å². The van der Waals surface area contributed by atoms with E-state index in [4.69, 9.17) is 0 Å². The fraction of sp³-hybridized carbons (Fsp3) is 1.00. The SMILES string of the molecule is CCC(C)(C)C(C)C1CC1C. The normalized spacial score (nSPS) is 33.5. The molecule has 11 heavy (non-hydrogen) atoms. The number of hydrogen-bond donors (Lipinski definition) is 0. The Bertz CT molecular complexity index is 135. The van der Waals surface area contributed by atoms with Crippen molar-refractivity contribution in [2.45, 2.75) is 47.5 Å². The molecule has 0 aromatic heterocycles. The largest absolute Gasteiger partial charge is 0.0649 e. The minimum Gasteiger partial charge on any atom is -0.0649 e. The Balaban J connectivity index is 2.46. The van der Waals surface area contributed by atoms with Crippen molar-refractivity contribution < 1.29 is 0 Å². The summed E-state index contributed by atoms with van der Waals surface area (Å²) in [6, 6.07) is 0. The van der Waals surface area contributed by atoms with Gasteiger partial charge < -0.3 is 0 Å². The van der Waals surface area contributed by atoms with Crippen LogP contribution >= 0.6 is 0 Å². The Hall–Kier alpha value is 0. The zero-order valence-electron chi connectivity index (χ0n) is 8.65. The van der Waals surface area contributed by atoms with Crippen LogP contribution < -0.4 is 0 Å². The lowest BCUT2D eigenvalue weighted by molar-refractivity contribution is 0.190. The highest BCUT2D eigenvalue weighted by atomic mass is 14.5. The first-order chi connectivity index (χ1) is 4.99. The van der Waals surface area contributed by atoms with E-state index < -0.39 is 0 Å². The molecule has 1 saturated carbocycles. The van der Waals surface area contributed by atoms with Crippen LogP contribution in [0.3, 0.4) is 0 Å². The maximum atomic E-state index is 2.43. The molecule has 0 aromatic carbocycles. The standard InChI is InChI=1S/C11H22/c1-6-11(4,5)9(3)10-7-8(10)2/h8-10H,6-7H2,1-5H3. The molecule has 0 heteroatoms. The van der Waals surface area contributed by atoms with Gasteiger partial charge in [0, 0.05) is 0 Å². The van der Waals surface area contributed by atoms with Gasteiger partial charge >= 0.3 is 0 Å². The molecule has 0 bridgehead atoms. The first-order valence-corrected chi connectivity index (χ1v) is 4.99. The van der Waals surface area contributed by atoms with Gasteiger partial charge in [-0.2, -0.15) is 0 Å². The molecule has 1 fully saturated rings. The smallest absolute Gasteiger partial charge is 0.0328 e. The molecule has 1 aliphatic rings. The molecule has 0 aromatic rings. The van der Waals surface area contributed by atoms with Crippen molar-refractivity contribution in [2.75, 3.05) is 0 Å². The summed E-state index contributed by atoms with van der Waals surface area (Å²) in [5.41, 5.74) is 0.565. The average molecular weight is 154 g/mol. The number of rotatable bonds is 3. The van der Waals surface area contributed by atoms with Crippen LogP contribution in [0.25, 0.3) is 0 Å². The quantitative estimate of drug-likeness (QED) is 0.581. The summed E-state index contributed by atoms with van der Waals surface area (Å²) >= 11 is 0. The molecule has 3 atom stereocenters. The summed E-state index contributed by atoms with van der Waals surface area (Å²) in [7, 11) is 0. The van der Waals surface area contributed by atoms with Crippen LogP contribution in [0.1, 0.15) is 47.5 Å². The van der Waals surface area contributed by atoms with Gasteiger partial charge in [0.05, 0.1) is 0 Å². The highest BCUT2D eigenvalue weighted by molar-refractivity contribution is 4.91. The minimum atomic E-state index is 0.565. The second-order valence-electron chi connectivity index (χ2n) is 5.01. The van der Waals surface area contributed by atoms with Crippen molar-refractivity contribution in [2.24, 2.45) is 23.2 Å². The van der Waals surface area contributed by atoms with Crippen LogP contribution in [-0.2, 0) is 0 Å². The van der Waals surface area contributed by atoms with E-state index in [0.717, 1.165) is 17.8 Å². The van der Waals surface area contributed by atoms with Gasteiger partial charge in [-0.25, -0.2) is 0 Å². The summed E-state index contributed by atoms with van der Waals surface area (Å²) in [4.78, 5) is 0. The first-order valence-electron chi connectivity index (χ1n) is 4.99. The summed E-state index contributed by atoms with van der Waals surface area (Å²) in [6.07, 6.45) is 2.79. The van der Waals surface area contributed by atoms with Crippen LogP contribution in [0.2, 0.25) is 0 Å². The van der Waals surface area contributed by atoms with Gasteiger partial charge in [0.1, 0.15) is 0 Å². The lowest BCUT2D eigenvalue weighted by Gasteiger charge is -2.31. The average Bonchev–Trinajstić information content (AvgIpc) is 2.65. The minimum absolute atomic E-state index is 0.565. The highest BCUT2D eigenvalue weighted by Gasteiger charge is 2.42. The van der Waals surface area contributed by atoms with E-state index in [0.29, 0.717) is 5.41 Å². The van der Waals surface area contributed by atoms with E-state index in [-0.39, 0.29) is 0 Å². The van der Waals surface area contributed by atoms with Crippen molar-refractivity contribution >= 4 is 0 Å². The fourth-order valence-corrected chi connectivity index (χ4v) is 1.95. The molecule has 1 rings (SSSR count).